The molecule has 64 heavy (non-hydrogen) atoms. The van der Waals surface area contributed by atoms with Crippen LogP contribution in [0.3, 0.4) is 0 Å². The SMILES string of the molecule is CCOc1cc(-c2nc3c4cccnc4c4ncccc4c3[nH]2)ccc1O.[O-][Cl+3]([O-])([O-])[O-].[O-][Cl+3]([O-])([O-])[O-].[Ru+2].c1ccc(Nc2ccccn2)nc1.c1ccc(Nc2ccccn2)nc1. The minimum absolute atomic E-state index is 0. The van der Waals surface area contributed by atoms with Crippen molar-refractivity contribution in [1.82, 2.24) is 39.9 Å². The molecular weight excluding hydrogens is 964 g/mol. The standard InChI is InChI=1S/C21H16N4O2.2C10H9N3.2ClHO4.Ru/c1-2-27-16-11-12(7-8-15(16)26)21-24-19-13-5-3-9-22-17(13)18-14(20(19)25-21)6-4-10-23-18;2*1-3-7-11-9(5-1)13-10-6-2-4-8-12-10;2*2-1(3,4)5;/h3-11,26H,2H2,1H3,(H,24,25);2*1-8H,(H,11,12,13);2*(H,2,3,4,5);/q;;;;;+2/p-2. The molecular formula is C41H34Cl2N10O10Ru. The molecule has 330 valence electrons. The number of phenols is 1. The molecule has 0 spiro atoms. The summed E-state index contributed by atoms with van der Waals surface area (Å²) < 4.78 is 73.4. The van der Waals surface area contributed by atoms with Gasteiger partial charge in [-0.05, 0) is 97.9 Å². The molecule has 0 aliphatic heterocycles. The van der Waals surface area contributed by atoms with Crippen LogP contribution in [0, 0.1) is 20.5 Å². The second kappa shape index (κ2) is 24.3. The number of ether oxygens (including phenoxy) is 1. The first-order valence-electron chi connectivity index (χ1n) is 18.0. The van der Waals surface area contributed by atoms with Crippen molar-refractivity contribution in [3.8, 4) is 22.9 Å². The number of aromatic hydroxyl groups is 1. The van der Waals surface area contributed by atoms with Crippen molar-refractivity contribution in [2.24, 2.45) is 0 Å². The molecule has 0 bridgehead atoms. The number of H-pyrrole nitrogens is 1. The number of pyridine rings is 6. The molecule has 0 fully saturated rings. The van der Waals surface area contributed by atoms with Gasteiger partial charge >= 0.3 is 19.5 Å². The van der Waals surface area contributed by atoms with Crippen LogP contribution in [0.5, 0.6) is 11.5 Å². The van der Waals surface area contributed by atoms with Gasteiger partial charge in [-0.25, -0.2) is 62.2 Å². The van der Waals surface area contributed by atoms with Gasteiger partial charge in [-0.2, -0.15) is 0 Å². The minimum Gasteiger partial charge on any atom is -0.504 e. The fraction of sp³-hybridized carbons (Fsp3) is 0.0488. The Kier molecular flexibility index (Phi) is 19.0. The van der Waals surface area contributed by atoms with Crippen LogP contribution in [0.1, 0.15) is 6.92 Å². The number of anilines is 4. The van der Waals surface area contributed by atoms with E-state index in [2.05, 4.69) is 45.5 Å². The molecule has 0 radical (unpaired) electrons. The van der Waals surface area contributed by atoms with E-state index >= 15 is 0 Å². The van der Waals surface area contributed by atoms with E-state index in [9.17, 15) is 5.11 Å². The van der Waals surface area contributed by atoms with Crippen molar-refractivity contribution < 1.29 is 87.1 Å². The van der Waals surface area contributed by atoms with Gasteiger partial charge in [0.15, 0.2) is 11.5 Å². The molecule has 2 aromatic carbocycles. The average Bonchev–Trinajstić information content (AvgIpc) is 3.72. The van der Waals surface area contributed by atoms with Gasteiger partial charge in [0, 0.05) is 53.5 Å². The van der Waals surface area contributed by atoms with Crippen LogP contribution in [0.15, 0.2) is 152 Å². The van der Waals surface area contributed by atoms with E-state index in [-0.39, 0.29) is 25.2 Å². The molecule has 0 aliphatic carbocycles. The first-order valence-corrected chi connectivity index (χ1v) is 20.5. The Morgan fingerprint density at radius 1 is 0.531 bits per heavy atom. The van der Waals surface area contributed by atoms with Crippen molar-refractivity contribution in [3.05, 3.63) is 152 Å². The summed E-state index contributed by atoms with van der Waals surface area (Å²) in [5.74, 6) is 4.48. The normalized spacial score (nSPS) is 10.6. The Hall–Kier alpha value is -6.59. The number of aromatic amines is 1. The smallest absolute Gasteiger partial charge is 0.504 e. The summed E-state index contributed by atoms with van der Waals surface area (Å²) in [7, 11) is -9.89. The topological polar surface area (TPSA) is 344 Å². The number of nitrogens with zero attached hydrogens (tertiary/aromatic N) is 7. The first-order chi connectivity index (χ1) is 30.2. The van der Waals surface area contributed by atoms with Crippen LogP contribution in [-0.4, -0.2) is 51.6 Å². The summed E-state index contributed by atoms with van der Waals surface area (Å²) in [5.41, 5.74) is 4.27. The summed E-state index contributed by atoms with van der Waals surface area (Å²) in [6.07, 6.45) is 10.5. The molecule has 4 N–H and O–H groups in total. The molecule has 0 saturated heterocycles. The van der Waals surface area contributed by atoms with Gasteiger partial charge in [-0.15, -0.1) is 20.5 Å². The fourth-order valence-electron chi connectivity index (χ4n) is 5.42. The van der Waals surface area contributed by atoms with Gasteiger partial charge in [0.2, 0.25) is 0 Å². The van der Waals surface area contributed by atoms with Crippen LogP contribution in [-0.2, 0) is 19.5 Å². The van der Waals surface area contributed by atoms with Crippen LogP contribution >= 0.6 is 0 Å². The van der Waals surface area contributed by atoms with Gasteiger partial charge in [-0.1, -0.05) is 24.3 Å². The Bertz CT molecular complexity index is 2530. The summed E-state index contributed by atoms with van der Waals surface area (Å²) in [5, 5.41) is 18.0. The van der Waals surface area contributed by atoms with E-state index < -0.39 is 20.5 Å². The van der Waals surface area contributed by atoms with Crippen molar-refractivity contribution in [3.63, 3.8) is 0 Å². The van der Waals surface area contributed by atoms with Crippen LogP contribution < -0.4 is 52.6 Å². The van der Waals surface area contributed by atoms with E-state index in [1.165, 1.54) is 0 Å². The maximum absolute atomic E-state index is 9.96. The Labute approximate surface area is 380 Å². The van der Waals surface area contributed by atoms with Gasteiger partial charge in [0.1, 0.15) is 29.1 Å². The number of benzene rings is 2. The maximum Gasteiger partial charge on any atom is 2.00 e. The first kappa shape index (κ1) is 50.1. The van der Waals surface area contributed by atoms with Crippen molar-refractivity contribution >= 4 is 56.1 Å². The third-order valence-corrected chi connectivity index (χ3v) is 7.77. The number of fused-ring (bicyclic) bond motifs is 6. The fourth-order valence-corrected chi connectivity index (χ4v) is 5.42. The summed E-state index contributed by atoms with van der Waals surface area (Å²) >= 11 is 0. The van der Waals surface area contributed by atoms with Gasteiger partial charge in [0.25, 0.3) is 0 Å². The van der Waals surface area contributed by atoms with Crippen molar-refractivity contribution in [2.45, 2.75) is 6.92 Å². The van der Waals surface area contributed by atoms with E-state index in [0.717, 1.165) is 61.7 Å². The second-order valence-corrected chi connectivity index (χ2v) is 13.6. The van der Waals surface area contributed by atoms with Crippen molar-refractivity contribution in [2.75, 3.05) is 17.2 Å². The van der Waals surface area contributed by atoms with Gasteiger partial charge in [0.05, 0.1) is 28.7 Å². The van der Waals surface area contributed by atoms with Gasteiger partial charge in [-0.3, -0.25) is 9.97 Å². The van der Waals surface area contributed by atoms with E-state index in [4.69, 9.17) is 47.0 Å². The Morgan fingerprint density at radius 2 is 0.938 bits per heavy atom. The quantitative estimate of drug-likeness (QED) is 0.114. The summed E-state index contributed by atoms with van der Waals surface area (Å²) in [6.45, 7) is 2.36. The second-order valence-electron chi connectivity index (χ2n) is 12.1. The Balaban J connectivity index is 0.000000204. The number of aromatic nitrogens is 8. The zero-order valence-corrected chi connectivity index (χ0v) is 36.3. The van der Waals surface area contributed by atoms with Crippen molar-refractivity contribution in [1.29, 1.82) is 0 Å². The monoisotopic (exact) mass is 998 g/mol. The Morgan fingerprint density at radius 3 is 1.34 bits per heavy atom. The third kappa shape index (κ3) is 16.6. The van der Waals surface area contributed by atoms with Gasteiger partial charge < -0.3 is 25.5 Å². The third-order valence-electron chi connectivity index (χ3n) is 7.77. The zero-order chi connectivity index (χ0) is 45.2. The van der Waals surface area contributed by atoms with Crippen LogP contribution in [0.25, 0.3) is 44.2 Å². The zero-order valence-electron chi connectivity index (χ0n) is 33.0. The molecule has 7 heterocycles. The van der Waals surface area contributed by atoms with E-state index in [1.807, 2.05) is 110 Å². The summed E-state index contributed by atoms with van der Waals surface area (Å²) in [4.78, 5) is 33.8. The molecule has 0 atom stereocenters. The number of halogens is 2. The molecule has 0 aliphatic rings. The molecule has 0 saturated carbocycles. The number of imidazole rings is 1. The van der Waals surface area contributed by atoms with Crippen LogP contribution in [0.2, 0.25) is 0 Å². The number of hydrogen-bond acceptors (Lipinski definition) is 19. The number of rotatable bonds is 7. The molecule has 23 heteroatoms. The molecule has 0 unspecified atom stereocenters. The predicted octanol–water partition coefficient (Wildman–Crippen LogP) is -0.643. The molecule has 9 aromatic rings. The number of phenolic OH excluding ortho intramolecular Hbond substituents is 1. The largest absolute Gasteiger partial charge is 2.00 e. The maximum atomic E-state index is 9.96. The van der Waals surface area contributed by atoms with Crippen LogP contribution in [0.4, 0.5) is 23.3 Å². The minimum atomic E-state index is -4.94. The molecule has 9 rings (SSSR count). The van der Waals surface area contributed by atoms with E-state index in [1.54, 1.807) is 49.3 Å². The average molecular weight is 999 g/mol. The molecule has 0 amide bonds. The number of nitrogens with one attached hydrogen (secondary N) is 3. The molecule has 20 nitrogen and oxygen atoms in total. The summed E-state index contributed by atoms with van der Waals surface area (Å²) in [6, 6.07) is 35.9. The molecule has 7 aromatic heterocycles. The predicted molar refractivity (Wildman–Crippen MR) is 208 cm³/mol. The number of hydrogen-bond donors (Lipinski definition) is 4. The van der Waals surface area contributed by atoms with E-state index in [0.29, 0.717) is 18.2 Å².